The average molecular weight is 335 g/mol. The number of ketones is 3. The molecule has 3 rings (SSSR count). The normalized spacial score (nSPS) is 15.6. The minimum absolute atomic E-state index is 0.202. The van der Waals surface area contributed by atoms with Gasteiger partial charge in [-0.25, -0.2) is 0 Å². The number of benzene rings is 2. The van der Waals surface area contributed by atoms with Gasteiger partial charge in [0.05, 0.1) is 5.69 Å². The Morgan fingerprint density at radius 1 is 0.960 bits per heavy atom. The standard InChI is InChI=1S/C20H17NO4/c1-12(23)15-8-5-9-16(13(2)24)19(15)21-10-14-6-3-4-7-17(14)20(21)18(25)11-22/h3-9,11,20H,10H2,1-2H3. The lowest BCUT2D eigenvalue weighted by Gasteiger charge is -2.28. The van der Waals surface area contributed by atoms with Crippen molar-refractivity contribution in [2.45, 2.75) is 26.4 Å². The molecule has 1 aliphatic heterocycles. The van der Waals surface area contributed by atoms with Gasteiger partial charge in [0.25, 0.3) is 0 Å². The second-order valence-corrected chi connectivity index (χ2v) is 6.06. The fraction of sp³-hybridized carbons (Fsp3) is 0.200. The number of aldehydes is 1. The summed E-state index contributed by atoms with van der Waals surface area (Å²) in [6.07, 6.45) is 0.295. The molecule has 0 radical (unpaired) electrons. The molecule has 0 saturated heterocycles. The molecule has 0 spiro atoms. The van der Waals surface area contributed by atoms with Crippen LogP contribution in [0.3, 0.4) is 0 Å². The topological polar surface area (TPSA) is 71.5 Å². The van der Waals surface area contributed by atoms with E-state index >= 15 is 0 Å². The molecule has 126 valence electrons. The number of Topliss-reactive ketones (excluding diaryl/α,β-unsaturated/α-hetero) is 3. The fourth-order valence-corrected chi connectivity index (χ4v) is 3.39. The highest BCUT2D eigenvalue weighted by Gasteiger charge is 2.37. The van der Waals surface area contributed by atoms with Gasteiger partial charge >= 0.3 is 0 Å². The zero-order chi connectivity index (χ0) is 18.1. The smallest absolute Gasteiger partial charge is 0.222 e. The zero-order valence-electron chi connectivity index (χ0n) is 14.0. The van der Waals surface area contributed by atoms with Crippen LogP contribution in [0.5, 0.6) is 0 Å². The molecule has 0 saturated carbocycles. The molecule has 0 N–H and O–H groups in total. The zero-order valence-corrected chi connectivity index (χ0v) is 14.0. The number of carbonyl (C=O) groups is 4. The summed E-state index contributed by atoms with van der Waals surface area (Å²) in [7, 11) is 0. The Kier molecular flexibility index (Phi) is 4.31. The van der Waals surface area contributed by atoms with Crippen LogP contribution in [0.4, 0.5) is 5.69 Å². The van der Waals surface area contributed by atoms with E-state index in [1.807, 2.05) is 12.1 Å². The van der Waals surface area contributed by atoms with Crippen LogP contribution in [0.1, 0.15) is 51.7 Å². The van der Waals surface area contributed by atoms with Crippen LogP contribution < -0.4 is 4.90 Å². The quantitative estimate of drug-likeness (QED) is 0.477. The number of carbonyl (C=O) groups excluding carboxylic acids is 4. The van der Waals surface area contributed by atoms with Crippen LogP contribution in [-0.2, 0) is 16.1 Å². The number of hydrogen-bond acceptors (Lipinski definition) is 5. The molecule has 5 heteroatoms. The first-order valence-corrected chi connectivity index (χ1v) is 7.94. The summed E-state index contributed by atoms with van der Waals surface area (Å²) in [6.45, 7) is 3.19. The van der Waals surface area contributed by atoms with Crippen LogP contribution in [0.15, 0.2) is 42.5 Å². The first-order chi connectivity index (χ1) is 12.0. The molecule has 1 atom stereocenters. The lowest BCUT2D eigenvalue weighted by molar-refractivity contribution is -0.130. The first-order valence-electron chi connectivity index (χ1n) is 7.94. The molecule has 2 aromatic carbocycles. The monoisotopic (exact) mass is 335 g/mol. The van der Waals surface area contributed by atoms with Gasteiger partial charge in [-0.1, -0.05) is 30.3 Å². The van der Waals surface area contributed by atoms with Crippen LogP contribution in [0.2, 0.25) is 0 Å². The highest BCUT2D eigenvalue weighted by Crippen LogP contribution is 2.41. The number of nitrogens with zero attached hydrogens (tertiary/aromatic N) is 1. The predicted molar refractivity (Wildman–Crippen MR) is 92.9 cm³/mol. The Balaban J connectivity index is 2.26. The van der Waals surface area contributed by atoms with Gasteiger partial charge in [-0.3, -0.25) is 19.2 Å². The van der Waals surface area contributed by atoms with Crippen molar-refractivity contribution in [2.75, 3.05) is 4.90 Å². The molecule has 0 aromatic heterocycles. The van der Waals surface area contributed by atoms with E-state index in [0.29, 0.717) is 29.6 Å². The summed E-state index contributed by atoms with van der Waals surface area (Å²) in [6, 6.07) is 11.4. The minimum Gasteiger partial charge on any atom is -0.351 e. The highest BCUT2D eigenvalue weighted by molar-refractivity contribution is 6.29. The summed E-state index contributed by atoms with van der Waals surface area (Å²) < 4.78 is 0. The van der Waals surface area contributed by atoms with Gasteiger partial charge in [0, 0.05) is 17.7 Å². The summed E-state index contributed by atoms with van der Waals surface area (Å²) in [4.78, 5) is 49.5. The SMILES string of the molecule is CC(=O)c1cccc(C(C)=O)c1N1Cc2ccccc2C1C(=O)C=O. The van der Waals surface area contributed by atoms with E-state index in [-0.39, 0.29) is 11.6 Å². The van der Waals surface area contributed by atoms with Gasteiger partial charge in [0.1, 0.15) is 6.04 Å². The molecule has 1 unspecified atom stereocenters. The van der Waals surface area contributed by atoms with Crippen molar-refractivity contribution < 1.29 is 19.2 Å². The van der Waals surface area contributed by atoms with E-state index in [1.54, 1.807) is 35.2 Å². The maximum absolute atomic E-state index is 12.3. The first kappa shape index (κ1) is 16.8. The molecule has 25 heavy (non-hydrogen) atoms. The third-order valence-electron chi connectivity index (χ3n) is 4.47. The summed E-state index contributed by atoms with van der Waals surface area (Å²) in [5.74, 6) is -1.00. The minimum atomic E-state index is -0.827. The van der Waals surface area contributed by atoms with Crippen LogP contribution in [0.25, 0.3) is 0 Å². The second-order valence-electron chi connectivity index (χ2n) is 6.06. The molecule has 1 aliphatic rings. The fourth-order valence-electron chi connectivity index (χ4n) is 3.39. The van der Waals surface area contributed by atoms with E-state index in [4.69, 9.17) is 0 Å². The molecule has 5 nitrogen and oxygen atoms in total. The number of rotatable bonds is 5. The Hall–Kier alpha value is -3.08. The summed E-state index contributed by atoms with van der Waals surface area (Å²) in [5, 5.41) is 0. The Bertz CT molecular complexity index is 868. The van der Waals surface area contributed by atoms with Gasteiger partial charge in [-0.15, -0.1) is 0 Å². The maximum atomic E-state index is 12.3. The predicted octanol–water partition coefficient (Wildman–Crippen LogP) is 2.92. The largest absolute Gasteiger partial charge is 0.351 e. The molecule has 1 heterocycles. The van der Waals surface area contributed by atoms with Crippen molar-refractivity contribution >= 4 is 29.3 Å². The molecular weight excluding hydrogens is 318 g/mol. The number of hydrogen-bond donors (Lipinski definition) is 0. The van der Waals surface area contributed by atoms with E-state index in [2.05, 4.69) is 0 Å². The molecular formula is C20H17NO4. The van der Waals surface area contributed by atoms with Gasteiger partial charge in [0.15, 0.2) is 17.9 Å². The van der Waals surface area contributed by atoms with Crippen molar-refractivity contribution in [3.63, 3.8) is 0 Å². The van der Waals surface area contributed by atoms with Gasteiger partial charge in [-0.2, -0.15) is 0 Å². The van der Waals surface area contributed by atoms with E-state index < -0.39 is 11.8 Å². The Morgan fingerprint density at radius 2 is 1.56 bits per heavy atom. The van der Waals surface area contributed by atoms with E-state index in [1.165, 1.54) is 13.8 Å². The molecule has 0 aliphatic carbocycles. The third-order valence-corrected chi connectivity index (χ3v) is 4.47. The van der Waals surface area contributed by atoms with E-state index in [9.17, 15) is 19.2 Å². The Labute approximate surface area is 145 Å². The number of fused-ring (bicyclic) bond motifs is 1. The third kappa shape index (κ3) is 2.78. The Morgan fingerprint density at radius 3 is 2.12 bits per heavy atom. The molecule has 0 bridgehead atoms. The van der Waals surface area contributed by atoms with Crippen molar-refractivity contribution in [3.8, 4) is 0 Å². The number of para-hydroxylation sites is 1. The van der Waals surface area contributed by atoms with Crippen molar-refractivity contribution in [2.24, 2.45) is 0 Å². The van der Waals surface area contributed by atoms with Crippen molar-refractivity contribution in [1.82, 2.24) is 0 Å². The van der Waals surface area contributed by atoms with Crippen LogP contribution in [-0.4, -0.2) is 23.6 Å². The van der Waals surface area contributed by atoms with Gasteiger partial charge < -0.3 is 4.90 Å². The maximum Gasteiger partial charge on any atom is 0.222 e. The second kappa shape index (κ2) is 6.43. The summed E-state index contributed by atoms with van der Waals surface area (Å²) in [5.41, 5.74) is 2.77. The molecule has 2 aromatic rings. The summed E-state index contributed by atoms with van der Waals surface area (Å²) >= 11 is 0. The van der Waals surface area contributed by atoms with Gasteiger partial charge in [0.2, 0.25) is 5.78 Å². The van der Waals surface area contributed by atoms with Crippen LogP contribution >= 0.6 is 0 Å². The van der Waals surface area contributed by atoms with Crippen LogP contribution in [0, 0.1) is 0 Å². The average Bonchev–Trinajstić information content (AvgIpc) is 2.99. The molecule has 0 amide bonds. The van der Waals surface area contributed by atoms with Crippen molar-refractivity contribution in [3.05, 3.63) is 64.7 Å². The lowest BCUT2D eigenvalue weighted by atomic mass is 9.98. The number of anilines is 1. The van der Waals surface area contributed by atoms with E-state index in [0.717, 1.165) is 11.1 Å². The van der Waals surface area contributed by atoms with Gasteiger partial charge in [-0.05, 0) is 37.1 Å². The van der Waals surface area contributed by atoms with Crippen molar-refractivity contribution in [1.29, 1.82) is 0 Å². The highest BCUT2D eigenvalue weighted by atomic mass is 16.2. The molecule has 0 fully saturated rings. The lowest BCUT2D eigenvalue weighted by Crippen LogP contribution is -2.31.